The van der Waals surface area contributed by atoms with Crippen LogP contribution < -0.4 is 14.8 Å². The van der Waals surface area contributed by atoms with Crippen molar-refractivity contribution in [2.75, 3.05) is 66.9 Å². The van der Waals surface area contributed by atoms with Crippen molar-refractivity contribution in [3.63, 3.8) is 0 Å². The first-order valence-electron chi connectivity index (χ1n) is 13.2. The van der Waals surface area contributed by atoms with Crippen LogP contribution in [0.1, 0.15) is 41.3 Å². The summed E-state index contributed by atoms with van der Waals surface area (Å²) in [5.74, 6) is 6.70. The third-order valence-electron chi connectivity index (χ3n) is 6.39. The van der Waals surface area contributed by atoms with Crippen LogP contribution in [0.3, 0.4) is 0 Å². The van der Waals surface area contributed by atoms with Gasteiger partial charge in [0.15, 0.2) is 11.5 Å². The molecule has 0 spiro atoms. The molecule has 1 heterocycles. The summed E-state index contributed by atoms with van der Waals surface area (Å²) in [4.78, 5) is 15.4. The van der Waals surface area contributed by atoms with Gasteiger partial charge >= 0.3 is 0 Å². The minimum Gasteiger partial charge on any atom is -0.493 e. The lowest BCUT2D eigenvalue weighted by molar-refractivity contribution is 0.0158. The van der Waals surface area contributed by atoms with E-state index in [9.17, 15) is 4.79 Å². The Labute approximate surface area is 226 Å². The summed E-state index contributed by atoms with van der Waals surface area (Å²) in [5.41, 5.74) is 2.20. The topological polar surface area (TPSA) is 78.5 Å². The summed E-state index contributed by atoms with van der Waals surface area (Å²) in [6, 6.07) is 13.9. The molecule has 0 unspecified atom stereocenters. The molecule has 1 fully saturated rings. The summed E-state index contributed by atoms with van der Waals surface area (Å²) in [7, 11) is 3.07. The van der Waals surface area contributed by atoms with Crippen LogP contribution in [0.25, 0.3) is 0 Å². The van der Waals surface area contributed by atoms with E-state index < -0.39 is 0 Å². The highest BCUT2D eigenvalue weighted by Gasteiger charge is 2.24. The molecule has 0 aliphatic carbocycles. The van der Waals surface area contributed by atoms with E-state index in [-0.39, 0.29) is 12.5 Å². The zero-order chi connectivity index (χ0) is 27.0. The zero-order valence-electron chi connectivity index (χ0n) is 22.8. The molecule has 0 aromatic heterocycles. The Morgan fingerprint density at radius 3 is 2.53 bits per heavy atom. The third kappa shape index (κ3) is 9.34. The maximum absolute atomic E-state index is 13.1. The second-order valence-corrected chi connectivity index (χ2v) is 8.90. The highest BCUT2D eigenvalue weighted by atomic mass is 16.5. The van der Waals surface area contributed by atoms with E-state index in [0.717, 1.165) is 31.5 Å². The fourth-order valence-electron chi connectivity index (χ4n) is 4.42. The number of rotatable bonds is 15. The van der Waals surface area contributed by atoms with Crippen LogP contribution in [0.2, 0.25) is 0 Å². The van der Waals surface area contributed by atoms with E-state index in [1.54, 1.807) is 19.2 Å². The molecule has 1 aliphatic heterocycles. The minimum absolute atomic E-state index is 0.201. The Bertz CT molecular complexity index is 1050. The maximum atomic E-state index is 13.1. The smallest absolute Gasteiger partial charge is 0.255 e. The maximum Gasteiger partial charge on any atom is 0.255 e. The van der Waals surface area contributed by atoms with Crippen molar-refractivity contribution in [3.05, 3.63) is 59.2 Å². The first kappa shape index (κ1) is 29.5. The van der Waals surface area contributed by atoms with E-state index in [2.05, 4.69) is 29.0 Å². The highest BCUT2D eigenvalue weighted by molar-refractivity contribution is 5.98. The number of carbonyl (C=O) groups is 1. The Hall–Kier alpha value is -3.09. The van der Waals surface area contributed by atoms with Gasteiger partial charge in [-0.2, -0.15) is 0 Å². The number of hydrogen-bond donors (Lipinski definition) is 1. The molecule has 1 N–H and O–H groups in total. The lowest BCUT2D eigenvalue weighted by atomic mass is 10.1. The van der Waals surface area contributed by atoms with E-state index in [0.29, 0.717) is 68.2 Å². The standard InChI is InChI=1S/C30H40N2O6/c1-4-32-14-8-13-26(32)22-31-30(33)27-20-25(21-28(34-2)29(27)35-3)12-9-15-36-16-17-37-18-19-38-23-24-10-6-5-7-11-24/h5-7,10-11,20-21,26H,4,8,13-19,22-23H2,1-3H3,(H,31,33)/t26-/m0/s1. The summed E-state index contributed by atoms with van der Waals surface area (Å²) in [6.07, 6.45) is 2.25. The molecule has 0 bridgehead atoms. The van der Waals surface area contributed by atoms with Crippen LogP contribution in [-0.4, -0.2) is 83.7 Å². The van der Waals surface area contributed by atoms with Crippen LogP contribution in [0.4, 0.5) is 0 Å². The van der Waals surface area contributed by atoms with Crippen LogP contribution >= 0.6 is 0 Å². The monoisotopic (exact) mass is 524 g/mol. The van der Waals surface area contributed by atoms with Gasteiger partial charge in [0, 0.05) is 18.2 Å². The number of nitrogens with zero attached hydrogens (tertiary/aromatic N) is 1. The molecule has 1 aliphatic rings. The average Bonchev–Trinajstić information content (AvgIpc) is 3.42. The van der Waals surface area contributed by atoms with Gasteiger partial charge < -0.3 is 29.0 Å². The fraction of sp³-hybridized carbons (Fsp3) is 0.500. The Morgan fingerprint density at radius 2 is 1.79 bits per heavy atom. The van der Waals surface area contributed by atoms with E-state index >= 15 is 0 Å². The van der Waals surface area contributed by atoms with Gasteiger partial charge in [-0.15, -0.1) is 0 Å². The van der Waals surface area contributed by atoms with Crippen LogP contribution in [-0.2, 0) is 20.8 Å². The molecule has 1 atom stereocenters. The van der Waals surface area contributed by atoms with Crippen molar-refractivity contribution in [1.29, 1.82) is 0 Å². The number of carbonyl (C=O) groups excluding carboxylic acids is 1. The number of nitrogens with one attached hydrogen (secondary N) is 1. The molecule has 1 amide bonds. The lowest BCUT2D eigenvalue weighted by Gasteiger charge is -2.23. The molecule has 2 aromatic carbocycles. The second kappa shape index (κ2) is 16.7. The zero-order valence-corrected chi connectivity index (χ0v) is 22.8. The van der Waals surface area contributed by atoms with Gasteiger partial charge in [0.05, 0.1) is 52.8 Å². The largest absolute Gasteiger partial charge is 0.493 e. The first-order valence-corrected chi connectivity index (χ1v) is 13.2. The molecule has 206 valence electrons. The Kier molecular flexibility index (Phi) is 12.9. The SMILES string of the molecule is CCN1CCC[C@H]1CNC(=O)c1cc(C#CCOCCOCCOCc2ccccc2)cc(OC)c1OC. The van der Waals surface area contributed by atoms with Crippen molar-refractivity contribution in [2.45, 2.75) is 32.4 Å². The van der Waals surface area contributed by atoms with Crippen molar-refractivity contribution in [2.24, 2.45) is 0 Å². The minimum atomic E-state index is -0.201. The second-order valence-electron chi connectivity index (χ2n) is 8.90. The highest BCUT2D eigenvalue weighted by Crippen LogP contribution is 2.32. The van der Waals surface area contributed by atoms with Crippen molar-refractivity contribution in [1.82, 2.24) is 10.2 Å². The summed E-state index contributed by atoms with van der Waals surface area (Å²) >= 11 is 0. The molecule has 0 saturated carbocycles. The number of benzene rings is 2. The Balaban J connectivity index is 1.41. The third-order valence-corrected chi connectivity index (χ3v) is 6.39. The molecule has 2 aromatic rings. The predicted octanol–water partition coefficient (Wildman–Crippen LogP) is 3.52. The number of amides is 1. The lowest BCUT2D eigenvalue weighted by Crippen LogP contribution is -2.40. The van der Waals surface area contributed by atoms with Gasteiger partial charge in [0.2, 0.25) is 0 Å². The Morgan fingerprint density at radius 1 is 1.03 bits per heavy atom. The molecule has 8 nitrogen and oxygen atoms in total. The number of ether oxygens (including phenoxy) is 5. The predicted molar refractivity (Wildman–Crippen MR) is 147 cm³/mol. The quantitative estimate of drug-likeness (QED) is 0.282. The van der Waals surface area contributed by atoms with E-state index in [1.807, 2.05) is 30.3 Å². The molecular formula is C30H40N2O6. The number of likely N-dealkylation sites (N-methyl/N-ethyl adjacent to an activating group) is 1. The molecule has 0 radical (unpaired) electrons. The van der Waals surface area contributed by atoms with Crippen molar-refractivity contribution in [3.8, 4) is 23.3 Å². The molecule has 1 saturated heterocycles. The van der Waals surface area contributed by atoms with Gasteiger partial charge in [-0.05, 0) is 43.6 Å². The van der Waals surface area contributed by atoms with E-state index in [4.69, 9.17) is 23.7 Å². The molecule has 8 heteroatoms. The molecule has 3 rings (SSSR count). The number of hydrogen-bond acceptors (Lipinski definition) is 7. The normalized spacial score (nSPS) is 15.1. The summed E-state index contributed by atoms with van der Waals surface area (Å²) in [5, 5.41) is 3.06. The average molecular weight is 525 g/mol. The summed E-state index contributed by atoms with van der Waals surface area (Å²) in [6.45, 7) is 7.58. The van der Waals surface area contributed by atoms with Crippen LogP contribution in [0.15, 0.2) is 42.5 Å². The van der Waals surface area contributed by atoms with Crippen LogP contribution in [0.5, 0.6) is 11.5 Å². The van der Waals surface area contributed by atoms with Crippen molar-refractivity contribution < 1.29 is 28.5 Å². The van der Waals surface area contributed by atoms with Gasteiger partial charge in [-0.1, -0.05) is 49.1 Å². The van der Waals surface area contributed by atoms with Crippen molar-refractivity contribution >= 4 is 5.91 Å². The number of likely N-dealkylation sites (tertiary alicyclic amines) is 1. The van der Waals surface area contributed by atoms with Gasteiger partial charge in [-0.3, -0.25) is 9.69 Å². The van der Waals surface area contributed by atoms with Gasteiger partial charge in [0.1, 0.15) is 6.61 Å². The molecule has 38 heavy (non-hydrogen) atoms. The van der Waals surface area contributed by atoms with E-state index in [1.165, 1.54) is 7.11 Å². The van der Waals surface area contributed by atoms with Gasteiger partial charge in [0.25, 0.3) is 5.91 Å². The number of methoxy groups -OCH3 is 2. The molecular weight excluding hydrogens is 484 g/mol. The van der Waals surface area contributed by atoms with Gasteiger partial charge in [-0.25, -0.2) is 0 Å². The van der Waals surface area contributed by atoms with Crippen LogP contribution in [0, 0.1) is 11.8 Å². The first-order chi connectivity index (χ1) is 18.7. The summed E-state index contributed by atoms with van der Waals surface area (Å²) < 4.78 is 27.6. The fourth-order valence-corrected chi connectivity index (χ4v) is 4.42.